The Kier molecular flexibility index (Phi) is 6.53. The Morgan fingerprint density at radius 1 is 1.17 bits per heavy atom. The molecule has 2 atom stereocenters. The zero-order chi connectivity index (χ0) is 18.5. The van der Waals surface area contributed by atoms with E-state index in [1.165, 1.54) is 0 Å². The minimum absolute atomic E-state index is 0.0843. The summed E-state index contributed by atoms with van der Waals surface area (Å²) in [6.07, 6.45) is 5.84. The number of carbonyl (C=O) groups is 2. The summed E-state index contributed by atoms with van der Waals surface area (Å²) in [7, 11) is 0. The van der Waals surface area contributed by atoms with E-state index in [0.29, 0.717) is 19.5 Å². The number of terminal acetylenes is 1. The first-order valence-corrected chi connectivity index (χ1v) is 8.33. The molecule has 0 aliphatic carbocycles. The van der Waals surface area contributed by atoms with Crippen molar-refractivity contribution in [1.29, 1.82) is 0 Å². The van der Waals surface area contributed by atoms with Gasteiger partial charge in [-0.05, 0) is 53.9 Å². The highest BCUT2D eigenvalue weighted by atomic mass is 16.6. The number of ether oxygens (including phenoxy) is 2. The molecule has 0 aromatic carbocycles. The van der Waals surface area contributed by atoms with Crippen LogP contribution >= 0.6 is 0 Å². The molecule has 136 valence electrons. The van der Waals surface area contributed by atoms with Gasteiger partial charge in [-0.3, -0.25) is 0 Å². The van der Waals surface area contributed by atoms with Gasteiger partial charge in [0.05, 0.1) is 6.04 Å². The number of hydrogen-bond acceptors (Lipinski definition) is 4. The molecule has 2 amide bonds. The second-order valence-corrected chi connectivity index (χ2v) is 8.08. The minimum atomic E-state index is -0.551. The fourth-order valence-corrected chi connectivity index (χ4v) is 2.63. The van der Waals surface area contributed by atoms with Crippen LogP contribution in [0.25, 0.3) is 0 Å². The van der Waals surface area contributed by atoms with Crippen molar-refractivity contribution in [2.45, 2.75) is 71.6 Å². The van der Waals surface area contributed by atoms with E-state index in [1.807, 2.05) is 41.5 Å². The largest absolute Gasteiger partial charge is 0.444 e. The Balaban J connectivity index is 2.65. The zero-order valence-electron chi connectivity index (χ0n) is 15.6. The average Bonchev–Trinajstić information content (AvgIpc) is 2.76. The maximum Gasteiger partial charge on any atom is 0.410 e. The minimum Gasteiger partial charge on any atom is -0.444 e. The third-order valence-corrected chi connectivity index (χ3v) is 3.55. The first kappa shape index (κ1) is 20.1. The number of alkyl carbamates (subject to hydrolysis) is 1. The van der Waals surface area contributed by atoms with Gasteiger partial charge >= 0.3 is 12.2 Å². The molecule has 0 unspecified atom stereocenters. The van der Waals surface area contributed by atoms with E-state index in [1.54, 1.807) is 4.90 Å². The Labute approximate surface area is 145 Å². The molecule has 1 heterocycles. The second kappa shape index (κ2) is 7.78. The van der Waals surface area contributed by atoms with E-state index in [0.717, 1.165) is 6.42 Å². The fourth-order valence-electron chi connectivity index (χ4n) is 2.63. The van der Waals surface area contributed by atoms with Gasteiger partial charge < -0.3 is 19.7 Å². The maximum atomic E-state index is 12.3. The van der Waals surface area contributed by atoms with Crippen LogP contribution in [-0.4, -0.2) is 47.4 Å². The predicted octanol–water partition coefficient (Wildman–Crippen LogP) is 3.16. The van der Waals surface area contributed by atoms with Crippen LogP contribution in [0.1, 0.15) is 54.4 Å². The van der Waals surface area contributed by atoms with Crippen LogP contribution in [0, 0.1) is 18.3 Å². The molecule has 0 bridgehead atoms. The van der Waals surface area contributed by atoms with Crippen LogP contribution in [0.4, 0.5) is 9.59 Å². The summed E-state index contributed by atoms with van der Waals surface area (Å²) in [5.41, 5.74) is -1.09. The molecule has 0 spiro atoms. The quantitative estimate of drug-likeness (QED) is 0.803. The SMILES string of the molecule is C#CC[C@H]1[C@H](CNC(=O)OC(C)(C)C)CCN1C(=O)OC(C)(C)C. The van der Waals surface area contributed by atoms with Crippen LogP contribution in [0.3, 0.4) is 0 Å². The van der Waals surface area contributed by atoms with Gasteiger partial charge in [0.15, 0.2) is 0 Å². The summed E-state index contributed by atoms with van der Waals surface area (Å²) in [6.45, 7) is 11.9. The molecule has 0 radical (unpaired) electrons. The molecule has 1 N–H and O–H groups in total. The number of hydrogen-bond donors (Lipinski definition) is 1. The smallest absolute Gasteiger partial charge is 0.410 e. The Bertz CT molecular complexity index is 497. The van der Waals surface area contributed by atoms with Gasteiger partial charge in [0.25, 0.3) is 0 Å². The lowest BCUT2D eigenvalue weighted by molar-refractivity contribution is 0.0211. The Hall–Kier alpha value is -1.90. The summed E-state index contributed by atoms with van der Waals surface area (Å²) in [5, 5.41) is 2.77. The van der Waals surface area contributed by atoms with Crippen molar-refractivity contribution in [3.8, 4) is 12.3 Å². The van der Waals surface area contributed by atoms with E-state index in [2.05, 4.69) is 11.2 Å². The Morgan fingerprint density at radius 2 is 1.75 bits per heavy atom. The van der Waals surface area contributed by atoms with Crippen molar-refractivity contribution in [2.75, 3.05) is 13.1 Å². The molecule has 1 fully saturated rings. The van der Waals surface area contributed by atoms with E-state index in [4.69, 9.17) is 15.9 Å². The van der Waals surface area contributed by atoms with Gasteiger partial charge in [-0.1, -0.05) is 0 Å². The summed E-state index contributed by atoms with van der Waals surface area (Å²) >= 11 is 0. The number of rotatable bonds is 3. The van der Waals surface area contributed by atoms with E-state index in [-0.39, 0.29) is 18.1 Å². The predicted molar refractivity (Wildman–Crippen MR) is 92.5 cm³/mol. The zero-order valence-corrected chi connectivity index (χ0v) is 15.6. The molecular weight excluding hydrogens is 308 g/mol. The number of likely N-dealkylation sites (tertiary alicyclic amines) is 1. The molecule has 0 aromatic heterocycles. The van der Waals surface area contributed by atoms with Crippen LogP contribution < -0.4 is 5.32 Å². The van der Waals surface area contributed by atoms with Crippen LogP contribution in [-0.2, 0) is 9.47 Å². The first-order chi connectivity index (χ1) is 10.9. The lowest BCUT2D eigenvalue weighted by atomic mass is 9.98. The molecule has 1 saturated heterocycles. The molecule has 1 rings (SSSR count). The van der Waals surface area contributed by atoms with Crippen molar-refractivity contribution in [3.63, 3.8) is 0 Å². The van der Waals surface area contributed by atoms with Crippen LogP contribution in [0.2, 0.25) is 0 Å². The molecular formula is C18H30N2O4. The standard InChI is InChI=1S/C18H30N2O4/c1-8-9-14-13(12-19-15(21)23-17(2,3)4)10-11-20(14)16(22)24-18(5,6)7/h1,13-14H,9-12H2,2-7H3,(H,19,21)/t13-,14-/m0/s1. The lowest BCUT2D eigenvalue weighted by Crippen LogP contribution is -2.43. The van der Waals surface area contributed by atoms with Gasteiger partial charge in [0.2, 0.25) is 0 Å². The normalized spacial score (nSPS) is 21.1. The molecule has 24 heavy (non-hydrogen) atoms. The fraction of sp³-hybridized carbons (Fsp3) is 0.778. The van der Waals surface area contributed by atoms with Crippen molar-refractivity contribution in [2.24, 2.45) is 5.92 Å². The Morgan fingerprint density at radius 3 is 2.25 bits per heavy atom. The maximum absolute atomic E-state index is 12.3. The third kappa shape index (κ3) is 6.69. The van der Waals surface area contributed by atoms with Crippen molar-refractivity contribution < 1.29 is 19.1 Å². The average molecular weight is 338 g/mol. The summed E-state index contributed by atoms with van der Waals surface area (Å²) in [5.74, 6) is 2.70. The van der Waals surface area contributed by atoms with Crippen LogP contribution in [0.5, 0.6) is 0 Å². The highest BCUT2D eigenvalue weighted by Gasteiger charge is 2.38. The van der Waals surface area contributed by atoms with Gasteiger partial charge in [0.1, 0.15) is 11.2 Å². The highest BCUT2D eigenvalue weighted by molar-refractivity contribution is 5.69. The monoisotopic (exact) mass is 338 g/mol. The number of nitrogens with one attached hydrogen (secondary N) is 1. The molecule has 1 aliphatic rings. The second-order valence-electron chi connectivity index (χ2n) is 8.08. The molecule has 6 heteroatoms. The lowest BCUT2D eigenvalue weighted by Gasteiger charge is -2.30. The van der Waals surface area contributed by atoms with E-state index >= 15 is 0 Å². The van der Waals surface area contributed by atoms with Crippen molar-refractivity contribution in [3.05, 3.63) is 0 Å². The highest BCUT2D eigenvalue weighted by Crippen LogP contribution is 2.28. The van der Waals surface area contributed by atoms with Gasteiger partial charge in [0, 0.05) is 19.5 Å². The first-order valence-electron chi connectivity index (χ1n) is 8.33. The molecule has 0 aromatic rings. The van der Waals surface area contributed by atoms with Gasteiger partial charge in [-0.15, -0.1) is 12.3 Å². The molecule has 6 nitrogen and oxygen atoms in total. The van der Waals surface area contributed by atoms with Crippen LogP contribution in [0.15, 0.2) is 0 Å². The third-order valence-electron chi connectivity index (χ3n) is 3.55. The summed E-state index contributed by atoms with van der Waals surface area (Å²) < 4.78 is 10.7. The topological polar surface area (TPSA) is 67.9 Å². The summed E-state index contributed by atoms with van der Waals surface area (Å²) in [6, 6.07) is -0.139. The van der Waals surface area contributed by atoms with Crippen molar-refractivity contribution >= 4 is 12.2 Å². The molecule has 1 aliphatic heterocycles. The number of carbonyl (C=O) groups excluding carboxylic acids is 2. The number of nitrogens with zero attached hydrogens (tertiary/aromatic N) is 1. The van der Waals surface area contributed by atoms with E-state index < -0.39 is 17.3 Å². The molecule has 0 saturated carbocycles. The number of amides is 2. The van der Waals surface area contributed by atoms with Crippen molar-refractivity contribution in [1.82, 2.24) is 10.2 Å². The van der Waals surface area contributed by atoms with E-state index in [9.17, 15) is 9.59 Å². The van der Waals surface area contributed by atoms with Gasteiger partial charge in [-0.25, -0.2) is 9.59 Å². The van der Waals surface area contributed by atoms with Gasteiger partial charge in [-0.2, -0.15) is 0 Å². The summed E-state index contributed by atoms with van der Waals surface area (Å²) in [4.78, 5) is 25.8.